The number of nitrogens with zero attached hydrogens (tertiary/aromatic N) is 1. The molecule has 3 heteroatoms. The number of rotatable bonds is 2. The van der Waals surface area contributed by atoms with Gasteiger partial charge in [0.05, 0.1) is 0 Å². The van der Waals surface area contributed by atoms with Crippen LogP contribution in [0, 0.1) is 0 Å². The van der Waals surface area contributed by atoms with E-state index in [1.807, 2.05) is 0 Å². The molecule has 1 aliphatic rings. The number of hydrogen-bond acceptors (Lipinski definition) is 2. The van der Waals surface area contributed by atoms with Crippen molar-refractivity contribution in [2.45, 2.75) is 24.8 Å². The first-order valence-electron chi connectivity index (χ1n) is 5.79. The van der Waals surface area contributed by atoms with E-state index >= 15 is 0 Å². The second kappa shape index (κ2) is 4.86. The Hall–Kier alpha value is -0.380. The lowest BCUT2D eigenvalue weighted by Gasteiger charge is -2.38. The second-order valence-corrected chi connectivity index (χ2v) is 5.92. The first-order chi connectivity index (χ1) is 7.57. The predicted molar refractivity (Wildman–Crippen MR) is 71.5 cm³/mol. The van der Waals surface area contributed by atoms with Gasteiger partial charge in [-0.3, -0.25) is 0 Å². The number of halogens is 1. The molecule has 2 rings (SSSR count). The highest BCUT2D eigenvalue weighted by molar-refractivity contribution is 9.10. The Morgan fingerprint density at radius 1 is 1.38 bits per heavy atom. The molecule has 2 nitrogen and oxygen atoms in total. The number of hydrogen-bond donors (Lipinski definition) is 1. The van der Waals surface area contributed by atoms with Crippen molar-refractivity contribution in [2.24, 2.45) is 5.73 Å². The van der Waals surface area contributed by atoms with Crippen LogP contribution in [0.25, 0.3) is 0 Å². The first-order valence-corrected chi connectivity index (χ1v) is 6.59. The molecule has 2 N–H and O–H groups in total. The summed E-state index contributed by atoms with van der Waals surface area (Å²) in [4.78, 5) is 2.34. The van der Waals surface area contributed by atoms with E-state index in [0.29, 0.717) is 0 Å². The van der Waals surface area contributed by atoms with Gasteiger partial charge in [0.1, 0.15) is 0 Å². The maximum atomic E-state index is 6.47. The lowest BCUT2D eigenvalue weighted by molar-refractivity contribution is 0.178. The van der Waals surface area contributed by atoms with Crippen LogP contribution in [0.4, 0.5) is 0 Å². The average molecular weight is 283 g/mol. The van der Waals surface area contributed by atoms with Gasteiger partial charge in [0.2, 0.25) is 0 Å². The number of likely N-dealkylation sites (tertiary alicyclic amines) is 1. The van der Waals surface area contributed by atoms with Crippen LogP contribution in [-0.2, 0) is 6.42 Å². The minimum atomic E-state index is -0.0408. The van der Waals surface area contributed by atoms with Crippen LogP contribution in [0.1, 0.15) is 18.4 Å². The van der Waals surface area contributed by atoms with E-state index in [1.165, 1.54) is 18.5 Å². The van der Waals surface area contributed by atoms with Gasteiger partial charge in [-0.05, 0) is 50.6 Å². The zero-order valence-electron chi connectivity index (χ0n) is 9.75. The molecular formula is C13H19BrN2. The fourth-order valence-corrected chi connectivity index (χ4v) is 2.81. The van der Waals surface area contributed by atoms with E-state index in [1.54, 1.807) is 0 Å². The van der Waals surface area contributed by atoms with Gasteiger partial charge in [-0.25, -0.2) is 0 Å². The van der Waals surface area contributed by atoms with Crippen LogP contribution < -0.4 is 5.73 Å². The van der Waals surface area contributed by atoms with Crippen molar-refractivity contribution in [1.82, 2.24) is 4.90 Å². The summed E-state index contributed by atoms with van der Waals surface area (Å²) in [7, 11) is 2.16. The summed E-state index contributed by atoms with van der Waals surface area (Å²) in [6, 6.07) is 8.50. The summed E-state index contributed by atoms with van der Waals surface area (Å²) in [6.07, 6.45) is 3.32. The van der Waals surface area contributed by atoms with Crippen molar-refractivity contribution in [3.8, 4) is 0 Å². The molecule has 16 heavy (non-hydrogen) atoms. The zero-order chi connectivity index (χ0) is 11.6. The number of nitrogens with two attached hydrogens (primary N) is 1. The van der Waals surface area contributed by atoms with E-state index in [0.717, 1.165) is 23.9 Å². The molecule has 0 saturated carbocycles. The van der Waals surface area contributed by atoms with Crippen LogP contribution in [0.5, 0.6) is 0 Å². The molecule has 0 amide bonds. The SMILES string of the molecule is CN1CCCC(N)(Cc2ccc(Br)cc2)C1. The Balaban J connectivity index is 2.05. The lowest BCUT2D eigenvalue weighted by atomic mass is 9.84. The monoisotopic (exact) mass is 282 g/mol. The minimum absolute atomic E-state index is 0.0408. The molecule has 1 aromatic rings. The zero-order valence-corrected chi connectivity index (χ0v) is 11.3. The Kier molecular flexibility index (Phi) is 3.67. The molecule has 1 atom stereocenters. The van der Waals surface area contributed by atoms with Gasteiger partial charge in [0.25, 0.3) is 0 Å². The number of benzene rings is 1. The molecule has 88 valence electrons. The van der Waals surface area contributed by atoms with Crippen molar-refractivity contribution < 1.29 is 0 Å². The lowest BCUT2D eigenvalue weighted by Crippen LogP contribution is -2.54. The summed E-state index contributed by atoms with van der Waals surface area (Å²) in [6.45, 7) is 2.18. The molecule has 1 aliphatic heterocycles. The average Bonchev–Trinajstić information content (AvgIpc) is 2.21. The van der Waals surface area contributed by atoms with Crippen molar-refractivity contribution in [1.29, 1.82) is 0 Å². The largest absolute Gasteiger partial charge is 0.324 e. The predicted octanol–water partition coefficient (Wildman–Crippen LogP) is 2.41. The van der Waals surface area contributed by atoms with Crippen molar-refractivity contribution in [3.05, 3.63) is 34.3 Å². The van der Waals surface area contributed by atoms with Crippen LogP contribution in [0.15, 0.2) is 28.7 Å². The third-order valence-electron chi connectivity index (χ3n) is 3.27. The topological polar surface area (TPSA) is 29.3 Å². The Labute approximate surface area is 106 Å². The molecule has 0 aromatic heterocycles. The van der Waals surface area contributed by atoms with Crippen LogP contribution >= 0.6 is 15.9 Å². The molecule has 1 fully saturated rings. The molecule has 0 spiro atoms. The van der Waals surface area contributed by atoms with Crippen LogP contribution in [0.2, 0.25) is 0 Å². The quantitative estimate of drug-likeness (QED) is 0.903. The fraction of sp³-hybridized carbons (Fsp3) is 0.538. The minimum Gasteiger partial charge on any atom is -0.324 e. The molecule has 1 saturated heterocycles. The number of likely N-dealkylation sites (N-methyl/N-ethyl adjacent to an activating group) is 1. The summed E-state index contributed by atoms with van der Waals surface area (Å²) >= 11 is 3.45. The van der Waals surface area contributed by atoms with E-state index in [4.69, 9.17) is 5.73 Å². The second-order valence-electron chi connectivity index (χ2n) is 5.01. The van der Waals surface area contributed by atoms with Crippen molar-refractivity contribution in [2.75, 3.05) is 20.1 Å². The van der Waals surface area contributed by atoms with Gasteiger partial charge in [0, 0.05) is 16.6 Å². The highest BCUT2D eigenvalue weighted by Gasteiger charge is 2.30. The standard InChI is InChI=1S/C13H19BrN2/c1-16-8-2-7-13(15,10-16)9-11-3-5-12(14)6-4-11/h3-6H,2,7-10,15H2,1H3. The van der Waals surface area contributed by atoms with Crippen molar-refractivity contribution in [3.63, 3.8) is 0 Å². The summed E-state index contributed by atoms with van der Waals surface area (Å²) in [5.41, 5.74) is 7.76. The molecule has 0 bridgehead atoms. The van der Waals surface area contributed by atoms with Crippen LogP contribution in [0.3, 0.4) is 0 Å². The third-order valence-corrected chi connectivity index (χ3v) is 3.80. The molecular weight excluding hydrogens is 264 g/mol. The maximum Gasteiger partial charge on any atom is 0.0324 e. The van der Waals surface area contributed by atoms with Gasteiger partial charge in [-0.1, -0.05) is 28.1 Å². The van der Waals surface area contributed by atoms with E-state index in [9.17, 15) is 0 Å². The first kappa shape index (κ1) is 12.1. The smallest absolute Gasteiger partial charge is 0.0324 e. The van der Waals surface area contributed by atoms with Gasteiger partial charge < -0.3 is 10.6 Å². The summed E-state index contributed by atoms with van der Waals surface area (Å²) in [5, 5.41) is 0. The van der Waals surface area contributed by atoms with Gasteiger partial charge in [-0.15, -0.1) is 0 Å². The molecule has 1 unspecified atom stereocenters. The van der Waals surface area contributed by atoms with E-state index in [-0.39, 0.29) is 5.54 Å². The van der Waals surface area contributed by atoms with Crippen molar-refractivity contribution >= 4 is 15.9 Å². The molecule has 1 aromatic carbocycles. The molecule has 0 radical (unpaired) electrons. The molecule has 1 heterocycles. The Morgan fingerprint density at radius 2 is 2.06 bits per heavy atom. The highest BCUT2D eigenvalue weighted by Crippen LogP contribution is 2.23. The Bertz CT molecular complexity index is 349. The fourth-order valence-electron chi connectivity index (χ4n) is 2.55. The number of piperidine rings is 1. The van der Waals surface area contributed by atoms with Gasteiger partial charge >= 0.3 is 0 Å². The highest BCUT2D eigenvalue weighted by atomic mass is 79.9. The summed E-state index contributed by atoms with van der Waals surface area (Å²) < 4.78 is 1.13. The van der Waals surface area contributed by atoms with Gasteiger partial charge in [0.15, 0.2) is 0 Å². The normalized spacial score (nSPS) is 26.9. The Morgan fingerprint density at radius 3 is 2.69 bits per heavy atom. The van der Waals surface area contributed by atoms with Gasteiger partial charge in [-0.2, -0.15) is 0 Å². The maximum absolute atomic E-state index is 6.47. The van der Waals surface area contributed by atoms with Crippen LogP contribution in [-0.4, -0.2) is 30.6 Å². The van der Waals surface area contributed by atoms with E-state index < -0.39 is 0 Å². The summed E-state index contributed by atoms with van der Waals surface area (Å²) in [5.74, 6) is 0. The molecule has 0 aliphatic carbocycles. The van der Waals surface area contributed by atoms with E-state index in [2.05, 4.69) is 52.1 Å². The third kappa shape index (κ3) is 3.06.